The third kappa shape index (κ3) is 2.68. The van der Waals surface area contributed by atoms with Crippen LogP contribution in [0.4, 0.5) is 0 Å². The second-order valence-electron chi connectivity index (χ2n) is 4.54. The number of hydrogen-bond donors (Lipinski definition) is 1. The molecule has 0 unspecified atom stereocenters. The van der Waals surface area contributed by atoms with Crippen molar-refractivity contribution in [1.29, 1.82) is 0 Å². The van der Waals surface area contributed by atoms with E-state index in [9.17, 15) is 4.79 Å². The van der Waals surface area contributed by atoms with E-state index in [1.807, 2.05) is 18.5 Å². The van der Waals surface area contributed by atoms with Crippen molar-refractivity contribution in [2.45, 2.75) is 13.5 Å². The van der Waals surface area contributed by atoms with Gasteiger partial charge < -0.3 is 14.6 Å². The lowest BCUT2D eigenvalue weighted by molar-refractivity contribution is -0.136. The Morgan fingerprint density at radius 2 is 1.94 bits per heavy atom. The Balaban J connectivity index is 1.87. The SMILES string of the molecule is Cc1nnc(CN2CCN(C(=O)CO)CC2)n1C. The van der Waals surface area contributed by atoms with Gasteiger partial charge >= 0.3 is 0 Å². The Hall–Kier alpha value is -1.47. The Kier molecular flexibility index (Phi) is 3.93. The summed E-state index contributed by atoms with van der Waals surface area (Å²) < 4.78 is 1.98. The maximum Gasteiger partial charge on any atom is 0.248 e. The summed E-state index contributed by atoms with van der Waals surface area (Å²) in [5.41, 5.74) is 0. The fourth-order valence-corrected chi connectivity index (χ4v) is 2.04. The second kappa shape index (κ2) is 5.45. The second-order valence-corrected chi connectivity index (χ2v) is 4.54. The summed E-state index contributed by atoms with van der Waals surface area (Å²) in [6, 6.07) is 0. The molecule has 0 atom stereocenters. The van der Waals surface area contributed by atoms with Crippen molar-refractivity contribution in [2.24, 2.45) is 7.05 Å². The first-order valence-corrected chi connectivity index (χ1v) is 6.07. The van der Waals surface area contributed by atoms with Gasteiger partial charge in [0.25, 0.3) is 0 Å². The number of aryl methyl sites for hydroxylation is 1. The van der Waals surface area contributed by atoms with Crippen molar-refractivity contribution in [3.8, 4) is 0 Å². The Morgan fingerprint density at radius 3 is 2.44 bits per heavy atom. The lowest BCUT2D eigenvalue weighted by atomic mass is 10.3. The largest absolute Gasteiger partial charge is 0.387 e. The molecule has 100 valence electrons. The van der Waals surface area contributed by atoms with Crippen molar-refractivity contribution in [3.63, 3.8) is 0 Å². The van der Waals surface area contributed by atoms with Gasteiger partial charge in [-0.15, -0.1) is 10.2 Å². The van der Waals surface area contributed by atoms with Crippen LogP contribution >= 0.6 is 0 Å². The highest BCUT2D eigenvalue weighted by atomic mass is 16.3. The van der Waals surface area contributed by atoms with Crippen LogP contribution in [-0.2, 0) is 18.4 Å². The maximum atomic E-state index is 11.3. The molecular weight excluding hydrogens is 234 g/mol. The van der Waals surface area contributed by atoms with Gasteiger partial charge in [0.15, 0.2) is 0 Å². The van der Waals surface area contributed by atoms with Crippen molar-refractivity contribution in [3.05, 3.63) is 11.6 Å². The number of aliphatic hydroxyl groups excluding tert-OH is 1. The summed E-state index contributed by atoms with van der Waals surface area (Å²) in [6.07, 6.45) is 0. The van der Waals surface area contributed by atoms with Crippen LogP contribution in [0.2, 0.25) is 0 Å². The summed E-state index contributed by atoms with van der Waals surface area (Å²) in [4.78, 5) is 15.3. The molecule has 1 aliphatic heterocycles. The van der Waals surface area contributed by atoms with Gasteiger partial charge in [0.05, 0.1) is 6.54 Å². The molecule has 1 N–H and O–H groups in total. The van der Waals surface area contributed by atoms with Gasteiger partial charge in [-0.2, -0.15) is 0 Å². The van der Waals surface area contributed by atoms with Gasteiger partial charge in [-0.05, 0) is 6.92 Å². The number of aliphatic hydroxyl groups is 1. The van der Waals surface area contributed by atoms with Crippen LogP contribution in [0.5, 0.6) is 0 Å². The van der Waals surface area contributed by atoms with Crippen molar-refractivity contribution in [2.75, 3.05) is 32.8 Å². The molecule has 7 heteroatoms. The zero-order chi connectivity index (χ0) is 13.1. The van der Waals surface area contributed by atoms with Gasteiger partial charge in [-0.1, -0.05) is 0 Å². The number of carbonyl (C=O) groups is 1. The van der Waals surface area contributed by atoms with Gasteiger partial charge in [-0.3, -0.25) is 9.69 Å². The Bertz CT molecular complexity index is 423. The van der Waals surface area contributed by atoms with Crippen molar-refractivity contribution >= 4 is 5.91 Å². The summed E-state index contributed by atoms with van der Waals surface area (Å²) in [5, 5.41) is 17.0. The van der Waals surface area contributed by atoms with Crippen LogP contribution in [0.3, 0.4) is 0 Å². The average Bonchev–Trinajstić information content (AvgIpc) is 2.71. The molecule has 0 aliphatic carbocycles. The first-order valence-electron chi connectivity index (χ1n) is 6.07. The first-order chi connectivity index (χ1) is 8.61. The molecule has 1 amide bonds. The van der Waals surface area contributed by atoms with E-state index in [0.29, 0.717) is 13.1 Å². The maximum absolute atomic E-state index is 11.3. The monoisotopic (exact) mass is 253 g/mol. The molecule has 1 aromatic heterocycles. The van der Waals surface area contributed by atoms with Crippen LogP contribution in [0.25, 0.3) is 0 Å². The highest BCUT2D eigenvalue weighted by Crippen LogP contribution is 2.07. The quantitative estimate of drug-likeness (QED) is 0.729. The van der Waals surface area contributed by atoms with E-state index in [1.54, 1.807) is 4.90 Å². The van der Waals surface area contributed by atoms with Gasteiger partial charge in [-0.25, -0.2) is 0 Å². The molecule has 1 saturated heterocycles. The van der Waals surface area contributed by atoms with E-state index < -0.39 is 6.61 Å². The molecule has 0 spiro atoms. The Morgan fingerprint density at radius 1 is 1.28 bits per heavy atom. The number of carbonyl (C=O) groups excluding carboxylic acids is 1. The Labute approximate surface area is 106 Å². The zero-order valence-corrected chi connectivity index (χ0v) is 10.8. The van der Waals surface area contributed by atoms with Crippen LogP contribution in [0, 0.1) is 6.92 Å². The fourth-order valence-electron chi connectivity index (χ4n) is 2.04. The van der Waals surface area contributed by atoms with E-state index in [4.69, 9.17) is 5.11 Å². The summed E-state index contributed by atoms with van der Waals surface area (Å²) >= 11 is 0. The van der Waals surface area contributed by atoms with E-state index in [0.717, 1.165) is 31.3 Å². The normalized spacial score (nSPS) is 17.2. The molecule has 1 aliphatic rings. The molecule has 0 bridgehead atoms. The highest BCUT2D eigenvalue weighted by molar-refractivity contribution is 5.77. The third-order valence-electron chi connectivity index (χ3n) is 3.41. The summed E-state index contributed by atoms with van der Waals surface area (Å²) in [6.45, 7) is 5.21. The van der Waals surface area contributed by atoms with Gasteiger partial charge in [0.1, 0.15) is 18.3 Å². The third-order valence-corrected chi connectivity index (χ3v) is 3.41. The fraction of sp³-hybridized carbons (Fsp3) is 0.727. The minimum Gasteiger partial charge on any atom is -0.387 e. The van der Waals surface area contributed by atoms with Crippen molar-refractivity contribution < 1.29 is 9.90 Å². The summed E-state index contributed by atoms with van der Waals surface area (Å²) in [5.74, 6) is 1.65. The van der Waals surface area contributed by atoms with Gasteiger partial charge in [0.2, 0.25) is 5.91 Å². The number of aromatic nitrogens is 3. The average molecular weight is 253 g/mol. The first kappa shape index (κ1) is 13.0. The molecular formula is C11H19N5O2. The molecule has 0 radical (unpaired) electrons. The van der Waals surface area contributed by atoms with E-state index in [-0.39, 0.29) is 5.91 Å². The molecule has 7 nitrogen and oxygen atoms in total. The van der Waals surface area contributed by atoms with E-state index in [2.05, 4.69) is 15.1 Å². The number of nitrogens with zero attached hydrogens (tertiary/aromatic N) is 5. The minimum absolute atomic E-state index is 0.191. The van der Waals surface area contributed by atoms with Crippen LogP contribution < -0.4 is 0 Å². The molecule has 0 aromatic carbocycles. The van der Waals surface area contributed by atoms with Gasteiger partial charge in [0, 0.05) is 33.2 Å². The molecule has 1 aromatic rings. The number of hydrogen-bond acceptors (Lipinski definition) is 5. The van der Waals surface area contributed by atoms with Crippen LogP contribution in [-0.4, -0.2) is 68.4 Å². The molecule has 1 fully saturated rings. The summed E-state index contributed by atoms with van der Waals surface area (Å²) in [7, 11) is 1.95. The number of piperazine rings is 1. The van der Waals surface area contributed by atoms with Crippen LogP contribution in [0.1, 0.15) is 11.6 Å². The standard InChI is InChI=1S/C11H19N5O2/c1-9-12-13-10(14(9)2)7-15-3-5-16(6-4-15)11(18)8-17/h17H,3-8H2,1-2H3. The number of rotatable bonds is 3. The van der Waals surface area contributed by atoms with E-state index >= 15 is 0 Å². The van der Waals surface area contributed by atoms with Crippen molar-refractivity contribution in [1.82, 2.24) is 24.6 Å². The molecule has 0 saturated carbocycles. The molecule has 18 heavy (non-hydrogen) atoms. The molecule has 2 rings (SSSR count). The topological polar surface area (TPSA) is 74.5 Å². The van der Waals surface area contributed by atoms with E-state index in [1.165, 1.54) is 0 Å². The lowest BCUT2D eigenvalue weighted by Crippen LogP contribution is -2.49. The zero-order valence-electron chi connectivity index (χ0n) is 10.8. The predicted molar refractivity (Wildman–Crippen MR) is 64.7 cm³/mol. The number of amides is 1. The minimum atomic E-state index is -0.400. The van der Waals surface area contributed by atoms with Crippen LogP contribution in [0.15, 0.2) is 0 Å². The lowest BCUT2D eigenvalue weighted by Gasteiger charge is -2.34. The predicted octanol–water partition coefficient (Wildman–Crippen LogP) is -1.24. The molecule has 2 heterocycles. The highest BCUT2D eigenvalue weighted by Gasteiger charge is 2.21. The smallest absolute Gasteiger partial charge is 0.248 e.